The van der Waals surface area contributed by atoms with Crippen LogP contribution in [0.25, 0.3) is 11.0 Å². The van der Waals surface area contributed by atoms with Gasteiger partial charge in [0.05, 0.1) is 15.9 Å². The van der Waals surface area contributed by atoms with Gasteiger partial charge in [0.1, 0.15) is 5.82 Å². The summed E-state index contributed by atoms with van der Waals surface area (Å²) < 4.78 is 29.8. The third-order valence-electron chi connectivity index (χ3n) is 7.45. The summed E-state index contributed by atoms with van der Waals surface area (Å²) in [6.07, 6.45) is 5.75. The fraction of sp³-hybridized carbons (Fsp3) is 0.481. The molecule has 0 bridgehead atoms. The lowest BCUT2D eigenvalue weighted by atomic mass is 9.95. The van der Waals surface area contributed by atoms with Crippen LogP contribution in [0.1, 0.15) is 54.6 Å². The lowest BCUT2D eigenvalue weighted by molar-refractivity contribution is -0.118. The quantitative estimate of drug-likeness (QED) is 0.531. The van der Waals surface area contributed by atoms with E-state index in [0.717, 1.165) is 55.7 Å². The maximum absolute atomic E-state index is 13.2. The van der Waals surface area contributed by atoms with E-state index in [0.29, 0.717) is 36.3 Å². The molecule has 3 heterocycles. The van der Waals surface area contributed by atoms with Crippen molar-refractivity contribution in [2.75, 3.05) is 24.5 Å². The standard InChI is InChI=1S/C27H34N4O3S/c1-19-16-20(2)22-8-7-15-31(25(22)17-19)27(32)12-11-26-28-23-18-21(9-10-24(23)29(26)3)35(33,34)30-13-5-4-6-14-30/h9-10,16-18H,4-8,11-15H2,1-3H3. The molecule has 1 aromatic heterocycles. The monoisotopic (exact) mass is 494 g/mol. The summed E-state index contributed by atoms with van der Waals surface area (Å²) in [5.74, 6) is 0.898. The second-order valence-corrected chi connectivity index (χ2v) is 11.9. The summed E-state index contributed by atoms with van der Waals surface area (Å²) in [7, 11) is -1.58. The van der Waals surface area contributed by atoms with Gasteiger partial charge in [-0.25, -0.2) is 13.4 Å². The highest BCUT2D eigenvalue weighted by atomic mass is 32.2. The zero-order valence-corrected chi connectivity index (χ0v) is 21.7. The summed E-state index contributed by atoms with van der Waals surface area (Å²) >= 11 is 0. The van der Waals surface area contributed by atoms with Crippen LogP contribution < -0.4 is 4.90 Å². The zero-order valence-electron chi connectivity index (χ0n) is 20.9. The van der Waals surface area contributed by atoms with E-state index in [-0.39, 0.29) is 5.91 Å². The molecular formula is C27H34N4O3S. The number of hydrogen-bond acceptors (Lipinski definition) is 4. The summed E-state index contributed by atoms with van der Waals surface area (Å²) in [4.78, 5) is 20.2. The third-order valence-corrected chi connectivity index (χ3v) is 9.35. The maximum Gasteiger partial charge on any atom is 0.243 e. The fourth-order valence-electron chi connectivity index (χ4n) is 5.56. The molecule has 186 valence electrons. The summed E-state index contributed by atoms with van der Waals surface area (Å²) in [5, 5.41) is 0. The number of benzene rings is 2. The van der Waals surface area contributed by atoms with Gasteiger partial charge in [0.15, 0.2) is 0 Å². The number of amides is 1. The molecule has 2 aliphatic rings. The van der Waals surface area contributed by atoms with Gasteiger partial charge in [0.2, 0.25) is 15.9 Å². The molecule has 1 amide bonds. The number of sulfonamides is 1. The second-order valence-electron chi connectivity index (χ2n) is 9.93. The molecule has 3 aromatic rings. The Bertz CT molecular complexity index is 1390. The van der Waals surface area contributed by atoms with Gasteiger partial charge < -0.3 is 9.47 Å². The number of aryl methyl sites for hydroxylation is 4. The number of aromatic nitrogens is 2. The van der Waals surface area contributed by atoms with Gasteiger partial charge in [-0.05, 0) is 80.5 Å². The van der Waals surface area contributed by atoms with Crippen LogP contribution in [-0.4, -0.2) is 47.8 Å². The number of piperidine rings is 1. The lowest BCUT2D eigenvalue weighted by Gasteiger charge is -2.31. The van der Waals surface area contributed by atoms with Crippen LogP contribution in [0.15, 0.2) is 35.2 Å². The Morgan fingerprint density at radius 3 is 2.54 bits per heavy atom. The van der Waals surface area contributed by atoms with E-state index in [2.05, 4.69) is 26.0 Å². The number of anilines is 1. The first-order valence-corrected chi connectivity index (χ1v) is 14.1. The highest BCUT2D eigenvalue weighted by molar-refractivity contribution is 7.89. The summed E-state index contributed by atoms with van der Waals surface area (Å²) in [5.41, 5.74) is 6.29. The molecule has 0 N–H and O–H groups in total. The predicted molar refractivity (Wildman–Crippen MR) is 138 cm³/mol. The Hall–Kier alpha value is -2.71. The van der Waals surface area contributed by atoms with Gasteiger partial charge >= 0.3 is 0 Å². The van der Waals surface area contributed by atoms with E-state index in [4.69, 9.17) is 4.98 Å². The molecule has 2 aromatic carbocycles. The predicted octanol–water partition coefficient (Wildman–Crippen LogP) is 4.28. The van der Waals surface area contributed by atoms with Crippen LogP contribution in [-0.2, 0) is 34.7 Å². The Balaban J connectivity index is 1.35. The first-order valence-electron chi connectivity index (χ1n) is 12.6. The second kappa shape index (κ2) is 9.39. The van der Waals surface area contributed by atoms with Crippen molar-refractivity contribution in [1.82, 2.24) is 13.9 Å². The number of imidazole rings is 1. The molecule has 0 unspecified atom stereocenters. The van der Waals surface area contributed by atoms with Crippen molar-refractivity contribution in [3.05, 3.63) is 52.8 Å². The van der Waals surface area contributed by atoms with Crippen LogP contribution in [0.5, 0.6) is 0 Å². The number of carbonyl (C=O) groups excluding carboxylic acids is 1. The molecular weight excluding hydrogens is 460 g/mol. The first-order chi connectivity index (χ1) is 16.8. The van der Waals surface area contributed by atoms with E-state index in [1.807, 2.05) is 22.6 Å². The minimum absolute atomic E-state index is 0.108. The normalized spacial score (nSPS) is 17.1. The SMILES string of the molecule is Cc1cc(C)c2c(c1)N(C(=O)CCc1nc3cc(S(=O)(=O)N4CCCCC4)ccc3n1C)CCC2. The van der Waals surface area contributed by atoms with E-state index in [9.17, 15) is 13.2 Å². The largest absolute Gasteiger partial charge is 0.331 e. The van der Waals surface area contributed by atoms with Gasteiger partial charge in [0, 0.05) is 45.2 Å². The topological polar surface area (TPSA) is 75.5 Å². The highest BCUT2D eigenvalue weighted by Gasteiger charge is 2.27. The molecule has 5 rings (SSSR count). The molecule has 7 nitrogen and oxygen atoms in total. The van der Waals surface area contributed by atoms with Crippen molar-refractivity contribution in [3.63, 3.8) is 0 Å². The maximum atomic E-state index is 13.2. The molecule has 0 atom stereocenters. The lowest BCUT2D eigenvalue weighted by Crippen LogP contribution is -2.36. The van der Waals surface area contributed by atoms with E-state index < -0.39 is 10.0 Å². The smallest absolute Gasteiger partial charge is 0.243 e. The molecule has 0 radical (unpaired) electrons. The Morgan fingerprint density at radius 2 is 1.77 bits per heavy atom. The van der Waals surface area contributed by atoms with Crippen LogP contribution >= 0.6 is 0 Å². The van der Waals surface area contributed by atoms with Gasteiger partial charge in [-0.1, -0.05) is 12.5 Å². The van der Waals surface area contributed by atoms with Crippen molar-refractivity contribution in [2.45, 2.75) is 63.7 Å². The Labute approximate surface area is 207 Å². The molecule has 0 aliphatic carbocycles. The molecule has 8 heteroatoms. The molecule has 0 saturated carbocycles. The summed E-state index contributed by atoms with van der Waals surface area (Å²) in [6, 6.07) is 9.50. The van der Waals surface area contributed by atoms with Crippen LogP contribution in [0.3, 0.4) is 0 Å². The van der Waals surface area contributed by atoms with Crippen molar-refractivity contribution in [1.29, 1.82) is 0 Å². The van der Waals surface area contributed by atoms with E-state index in [1.54, 1.807) is 16.4 Å². The fourth-order valence-corrected chi connectivity index (χ4v) is 7.09. The highest BCUT2D eigenvalue weighted by Crippen LogP contribution is 2.32. The van der Waals surface area contributed by atoms with Crippen molar-refractivity contribution in [3.8, 4) is 0 Å². The minimum Gasteiger partial charge on any atom is -0.331 e. The Kier molecular flexibility index (Phi) is 6.44. The van der Waals surface area contributed by atoms with Crippen molar-refractivity contribution < 1.29 is 13.2 Å². The van der Waals surface area contributed by atoms with Crippen LogP contribution in [0, 0.1) is 13.8 Å². The average Bonchev–Trinajstić information content (AvgIpc) is 3.17. The van der Waals surface area contributed by atoms with Gasteiger partial charge in [-0.15, -0.1) is 0 Å². The van der Waals surface area contributed by atoms with Crippen LogP contribution in [0.4, 0.5) is 5.69 Å². The van der Waals surface area contributed by atoms with Gasteiger partial charge in [-0.2, -0.15) is 4.31 Å². The number of carbonyl (C=O) groups is 1. The number of rotatable bonds is 5. The van der Waals surface area contributed by atoms with E-state index in [1.165, 1.54) is 16.7 Å². The van der Waals surface area contributed by atoms with Gasteiger partial charge in [-0.3, -0.25) is 4.79 Å². The number of fused-ring (bicyclic) bond motifs is 2. The number of nitrogens with zero attached hydrogens (tertiary/aromatic N) is 4. The molecule has 1 fully saturated rings. The van der Waals surface area contributed by atoms with Crippen molar-refractivity contribution in [2.24, 2.45) is 7.05 Å². The van der Waals surface area contributed by atoms with Gasteiger partial charge in [0.25, 0.3) is 0 Å². The molecule has 1 saturated heterocycles. The molecule has 2 aliphatic heterocycles. The van der Waals surface area contributed by atoms with Crippen molar-refractivity contribution >= 4 is 32.7 Å². The number of hydrogen-bond donors (Lipinski definition) is 0. The Morgan fingerprint density at radius 1 is 1.00 bits per heavy atom. The van der Waals surface area contributed by atoms with Crippen LogP contribution in [0.2, 0.25) is 0 Å². The zero-order chi connectivity index (χ0) is 24.7. The molecule has 0 spiro atoms. The first kappa shape index (κ1) is 24.0. The van der Waals surface area contributed by atoms with E-state index >= 15 is 0 Å². The molecule has 35 heavy (non-hydrogen) atoms. The average molecular weight is 495 g/mol. The third kappa shape index (κ3) is 4.49. The minimum atomic E-state index is -3.51. The summed E-state index contributed by atoms with van der Waals surface area (Å²) in [6.45, 7) is 6.10.